The van der Waals surface area contributed by atoms with E-state index in [0.717, 1.165) is 54.4 Å². The third-order valence-electron chi connectivity index (χ3n) is 5.66. The topological polar surface area (TPSA) is 24.9 Å². The molecule has 0 atom stereocenters. The lowest BCUT2D eigenvalue weighted by Crippen LogP contribution is -2.22. The lowest BCUT2D eigenvalue weighted by atomic mass is 9.94. The molecule has 0 bridgehead atoms. The highest BCUT2D eigenvalue weighted by Crippen LogP contribution is 2.39. The van der Waals surface area contributed by atoms with Crippen molar-refractivity contribution in [1.29, 1.82) is 0 Å². The molecule has 0 spiro atoms. The van der Waals surface area contributed by atoms with Gasteiger partial charge in [0.1, 0.15) is 11.5 Å². The molecule has 4 heteroatoms. The molecule has 0 saturated carbocycles. The summed E-state index contributed by atoms with van der Waals surface area (Å²) in [7, 11) is 3.47. The van der Waals surface area contributed by atoms with E-state index in [-0.39, 0.29) is 0 Å². The van der Waals surface area contributed by atoms with Gasteiger partial charge in [-0.05, 0) is 64.5 Å². The molecule has 2 rings (SSSR count). The fraction of sp³-hybridized carbons (Fsp3) is 0.407. The average Bonchev–Trinajstić information content (AvgIpc) is 2.81. The van der Waals surface area contributed by atoms with E-state index in [1.54, 1.807) is 14.2 Å². The summed E-state index contributed by atoms with van der Waals surface area (Å²) in [5.41, 5.74) is 5.50. The van der Waals surface area contributed by atoms with Crippen LogP contribution in [0, 0.1) is 0 Å². The molecule has 4 nitrogen and oxygen atoms in total. The van der Waals surface area contributed by atoms with Gasteiger partial charge in [0.25, 0.3) is 0 Å². The molecule has 0 saturated heterocycles. The van der Waals surface area contributed by atoms with Gasteiger partial charge in [0.15, 0.2) is 0 Å². The molecule has 2 aromatic rings. The van der Waals surface area contributed by atoms with Crippen LogP contribution in [0.5, 0.6) is 11.5 Å². The number of hydrogen-bond acceptors (Lipinski definition) is 4. The van der Waals surface area contributed by atoms with Crippen LogP contribution in [0.25, 0.3) is 5.57 Å². The molecule has 0 N–H and O–H groups in total. The fourth-order valence-electron chi connectivity index (χ4n) is 3.89. The summed E-state index contributed by atoms with van der Waals surface area (Å²) in [5, 5.41) is 0. The maximum absolute atomic E-state index is 5.84. The van der Waals surface area contributed by atoms with Crippen molar-refractivity contribution in [2.45, 2.75) is 34.6 Å². The minimum absolute atomic E-state index is 0.857. The van der Waals surface area contributed by atoms with Crippen molar-refractivity contribution in [2.75, 3.05) is 50.2 Å². The Morgan fingerprint density at radius 2 is 1.16 bits per heavy atom. The van der Waals surface area contributed by atoms with E-state index in [1.807, 2.05) is 13.0 Å². The molecular formula is C27H38N2O2. The van der Waals surface area contributed by atoms with Crippen LogP contribution in [0.1, 0.15) is 45.7 Å². The first-order valence-electron chi connectivity index (χ1n) is 11.3. The van der Waals surface area contributed by atoms with Crippen molar-refractivity contribution in [3.63, 3.8) is 0 Å². The summed E-state index contributed by atoms with van der Waals surface area (Å²) in [6.45, 7) is 14.5. The first kappa shape index (κ1) is 24.4. The van der Waals surface area contributed by atoms with Crippen LogP contribution < -0.4 is 19.3 Å². The zero-order valence-electron chi connectivity index (χ0n) is 20.2. The van der Waals surface area contributed by atoms with Crippen molar-refractivity contribution in [3.8, 4) is 11.5 Å². The Morgan fingerprint density at radius 1 is 0.742 bits per heavy atom. The van der Waals surface area contributed by atoms with Crippen LogP contribution in [0.4, 0.5) is 11.4 Å². The van der Waals surface area contributed by atoms with E-state index in [4.69, 9.17) is 9.47 Å². The highest BCUT2D eigenvalue weighted by molar-refractivity contribution is 5.87. The van der Waals surface area contributed by atoms with Crippen molar-refractivity contribution < 1.29 is 9.47 Å². The second-order valence-electron chi connectivity index (χ2n) is 7.22. The molecule has 0 aromatic heterocycles. The molecule has 0 unspecified atom stereocenters. The smallest absolute Gasteiger partial charge is 0.128 e. The van der Waals surface area contributed by atoms with Crippen molar-refractivity contribution in [3.05, 3.63) is 65.8 Å². The van der Waals surface area contributed by atoms with Crippen molar-refractivity contribution >= 4 is 16.9 Å². The maximum atomic E-state index is 5.84. The summed E-state index contributed by atoms with van der Waals surface area (Å²) in [6, 6.07) is 12.9. The summed E-state index contributed by atoms with van der Waals surface area (Å²) in [6.07, 6.45) is 6.22. The number of allylic oxidation sites excluding steroid dienone is 3. The highest BCUT2D eigenvalue weighted by Gasteiger charge is 2.17. The molecule has 0 fully saturated rings. The number of methoxy groups -OCH3 is 2. The van der Waals surface area contributed by atoms with Crippen LogP contribution in [0.2, 0.25) is 0 Å². The Balaban J connectivity index is 2.64. The Morgan fingerprint density at radius 3 is 1.48 bits per heavy atom. The molecule has 0 aliphatic heterocycles. The van der Waals surface area contributed by atoms with E-state index in [2.05, 4.69) is 86.0 Å². The van der Waals surface area contributed by atoms with Gasteiger partial charge in [-0.1, -0.05) is 18.2 Å². The Kier molecular flexibility index (Phi) is 9.51. The largest absolute Gasteiger partial charge is 0.496 e. The van der Waals surface area contributed by atoms with Gasteiger partial charge in [0, 0.05) is 60.8 Å². The number of anilines is 2. The predicted molar refractivity (Wildman–Crippen MR) is 135 cm³/mol. The standard InChI is InChI=1S/C27H38N2O2/c1-8-13-14-23(24-17-15-21(19-26(24)30-6)28(9-2)10-3)25-18-16-22(20-27(25)31-7)29(11-4)12-5/h8,13-20H,9-12H2,1-7H3/b13-8+. The van der Waals surface area contributed by atoms with E-state index in [0.29, 0.717) is 0 Å². The second-order valence-corrected chi connectivity index (χ2v) is 7.22. The monoisotopic (exact) mass is 422 g/mol. The normalized spacial score (nSPS) is 10.8. The fourth-order valence-corrected chi connectivity index (χ4v) is 3.89. The van der Waals surface area contributed by atoms with Gasteiger partial charge in [-0.25, -0.2) is 0 Å². The first-order chi connectivity index (χ1) is 15.1. The summed E-state index contributed by atoms with van der Waals surface area (Å²) in [5.74, 6) is 1.71. The molecule has 0 heterocycles. The predicted octanol–water partition coefficient (Wildman–Crippen LogP) is 6.40. The number of hydrogen-bond donors (Lipinski definition) is 0. The summed E-state index contributed by atoms with van der Waals surface area (Å²) in [4.78, 5) is 4.64. The Labute approximate surface area is 188 Å². The van der Waals surface area contributed by atoms with Crippen LogP contribution in [-0.2, 0) is 0 Å². The first-order valence-corrected chi connectivity index (χ1v) is 11.3. The lowest BCUT2D eigenvalue weighted by molar-refractivity contribution is 0.411. The third kappa shape index (κ3) is 5.63. The van der Waals surface area contributed by atoms with Crippen LogP contribution in [0.15, 0.2) is 54.6 Å². The van der Waals surface area contributed by atoms with Crippen LogP contribution in [0.3, 0.4) is 0 Å². The Bertz CT molecular complexity index is 829. The van der Waals surface area contributed by atoms with Crippen LogP contribution >= 0.6 is 0 Å². The molecule has 2 aromatic carbocycles. The van der Waals surface area contributed by atoms with Gasteiger partial charge in [0.05, 0.1) is 14.2 Å². The average molecular weight is 423 g/mol. The Hall–Kier alpha value is -2.88. The molecule has 0 aliphatic rings. The molecular weight excluding hydrogens is 384 g/mol. The number of nitrogens with zero attached hydrogens (tertiary/aromatic N) is 2. The van der Waals surface area contributed by atoms with Crippen LogP contribution in [-0.4, -0.2) is 40.4 Å². The minimum Gasteiger partial charge on any atom is -0.496 e. The van der Waals surface area contributed by atoms with Gasteiger partial charge in [-0.15, -0.1) is 0 Å². The van der Waals surface area contributed by atoms with Crippen molar-refractivity contribution in [2.24, 2.45) is 0 Å². The molecule has 0 amide bonds. The second kappa shape index (κ2) is 12.1. The molecule has 0 aliphatic carbocycles. The number of benzene rings is 2. The maximum Gasteiger partial charge on any atom is 0.128 e. The zero-order valence-corrected chi connectivity index (χ0v) is 20.2. The molecule has 168 valence electrons. The molecule has 31 heavy (non-hydrogen) atoms. The lowest BCUT2D eigenvalue weighted by Gasteiger charge is -2.24. The minimum atomic E-state index is 0.857. The summed E-state index contributed by atoms with van der Waals surface area (Å²) < 4.78 is 11.7. The van der Waals surface area contributed by atoms with E-state index in [1.165, 1.54) is 11.4 Å². The SMILES string of the molecule is C/C=C/C=C(c1ccc(N(CC)CC)cc1OC)c1ccc(N(CC)CC)cc1OC. The summed E-state index contributed by atoms with van der Waals surface area (Å²) >= 11 is 0. The third-order valence-corrected chi connectivity index (χ3v) is 5.66. The van der Waals surface area contributed by atoms with Gasteiger partial charge < -0.3 is 19.3 Å². The van der Waals surface area contributed by atoms with Gasteiger partial charge in [-0.3, -0.25) is 0 Å². The van der Waals surface area contributed by atoms with E-state index < -0.39 is 0 Å². The van der Waals surface area contributed by atoms with E-state index >= 15 is 0 Å². The number of rotatable bonds is 11. The van der Waals surface area contributed by atoms with E-state index in [9.17, 15) is 0 Å². The molecule has 0 radical (unpaired) electrons. The van der Waals surface area contributed by atoms with Gasteiger partial charge >= 0.3 is 0 Å². The van der Waals surface area contributed by atoms with Crippen molar-refractivity contribution in [1.82, 2.24) is 0 Å². The zero-order chi connectivity index (χ0) is 22.8. The number of ether oxygens (including phenoxy) is 2. The highest BCUT2D eigenvalue weighted by atomic mass is 16.5. The van der Waals surface area contributed by atoms with Gasteiger partial charge in [-0.2, -0.15) is 0 Å². The quantitative estimate of drug-likeness (QED) is 0.391. The van der Waals surface area contributed by atoms with Gasteiger partial charge in [0.2, 0.25) is 0 Å².